The number of thiocarbonyl (C=S) groups is 1. The van der Waals surface area contributed by atoms with Crippen molar-refractivity contribution in [2.75, 3.05) is 0 Å². The van der Waals surface area contributed by atoms with Gasteiger partial charge in [-0.05, 0) is 47.6 Å². The van der Waals surface area contributed by atoms with Gasteiger partial charge >= 0.3 is 0 Å². The van der Waals surface area contributed by atoms with Crippen molar-refractivity contribution < 1.29 is 9.13 Å². The quantitative estimate of drug-likeness (QED) is 0.506. The highest BCUT2D eigenvalue weighted by Crippen LogP contribution is 2.14. The summed E-state index contributed by atoms with van der Waals surface area (Å²) in [4.78, 5) is 0. The van der Waals surface area contributed by atoms with Gasteiger partial charge < -0.3 is 10.5 Å². The topological polar surface area (TPSA) is 59.6 Å². The van der Waals surface area contributed by atoms with Crippen molar-refractivity contribution in [2.45, 2.75) is 6.61 Å². The minimum atomic E-state index is -0.262. The Morgan fingerprint density at radius 2 is 2.05 bits per heavy atom. The normalized spacial score (nSPS) is 10.5. The third kappa shape index (κ3) is 5.19. The van der Waals surface area contributed by atoms with E-state index in [0.717, 1.165) is 11.1 Å². The Kier molecular flexibility index (Phi) is 5.22. The lowest BCUT2D eigenvalue weighted by Gasteiger charge is -2.07. The Morgan fingerprint density at radius 1 is 1.29 bits per heavy atom. The Hall–Kier alpha value is -2.47. The monoisotopic (exact) mass is 303 g/mol. The van der Waals surface area contributed by atoms with Gasteiger partial charge in [0.15, 0.2) is 5.11 Å². The average Bonchev–Trinajstić information content (AvgIpc) is 2.47. The lowest BCUT2D eigenvalue weighted by atomic mass is 10.2. The van der Waals surface area contributed by atoms with Crippen LogP contribution in [0.4, 0.5) is 4.39 Å². The van der Waals surface area contributed by atoms with Crippen LogP contribution in [0.2, 0.25) is 0 Å². The van der Waals surface area contributed by atoms with Crippen LogP contribution in [0, 0.1) is 5.82 Å². The molecule has 0 saturated carbocycles. The third-order valence-electron chi connectivity index (χ3n) is 2.57. The molecule has 4 nitrogen and oxygen atoms in total. The van der Waals surface area contributed by atoms with Crippen molar-refractivity contribution in [3.05, 3.63) is 65.5 Å². The first-order chi connectivity index (χ1) is 10.1. The van der Waals surface area contributed by atoms with Crippen LogP contribution in [-0.4, -0.2) is 11.3 Å². The third-order valence-corrected chi connectivity index (χ3v) is 2.66. The van der Waals surface area contributed by atoms with Gasteiger partial charge in [0.25, 0.3) is 0 Å². The van der Waals surface area contributed by atoms with Crippen LogP contribution in [0.5, 0.6) is 5.75 Å². The molecule has 0 unspecified atom stereocenters. The van der Waals surface area contributed by atoms with E-state index in [1.807, 2.05) is 24.3 Å². The Morgan fingerprint density at radius 3 is 2.76 bits per heavy atom. The van der Waals surface area contributed by atoms with E-state index in [-0.39, 0.29) is 10.9 Å². The predicted octanol–water partition coefficient (Wildman–Crippen LogP) is 2.57. The Balaban J connectivity index is 1.96. The molecule has 0 spiro atoms. The average molecular weight is 303 g/mol. The standard InChI is InChI=1S/C15H14FN3OS/c16-13-6-4-11(5-7-13)10-20-14-3-1-2-12(8-14)9-18-19-15(17)21/h1-9H,10H2,(H3,17,19,21)/b18-9+. The predicted molar refractivity (Wildman–Crippen MR) is 84.7 cm³/mol. The summed E-state index contributed by atoms with van der Waals surface area (Å²) in [6, 6.07) is 13.6. The second-order valence-corrected chi connectivity index (χ2v) is 4.66. The summed E-state index contributed by atoms with van der Waals surface area (Å²) in [5, 5.41) is 3.98. The number of hydrogen-bond acceptors (Lipinski definition) is 3. The zero-order valence-corrected chi connectivity index (χ0v) is 11.9. The second-order valence-electron chi connectivity index (χ2n) is 4.22. The molecule has 0 saturated heterocycles. The van der Waals surface area contributed by atoms with Gasteiger partial charge in [-0.3, -0.25) is 5.43 Å². The molecule has 21 heavy (non-hydrogen) atoms. The number of benzene rings is 2. The molecule has 0 aliphatic rings. The van der Waals surface area contributed by atoms with E-state index in [1.165, 1.54) is 12.1 Å². The lowest BCUT2D eigenvalue weighted by Crippen LogP contribution is -2.23. The summed E-state index contributed by atoms with van der Waals surface area (Å²) in [6.45, 7) is 0.367. The van der Waals surface area contributed by atoms with Gasteiger partial charge in [-0.1, -0.05) is 24.3 Å². The molecule has 0 fully saturated rings. The maximum Gasteiger partial charge on any atom is 0.184 e. The van der Waals surface area contributed by atoms with E-state index >= 15 is 0 Å². The van der Waals surface area contributed by atoms with Crippen LogP contribution >= 0.6 is 12.2 Å². The van der Waals surface area contributed by atoms with Gasteiger partial charge in [0.2, 0.25) is 0 Å². The van der Waals surface area contributed by atoms with Crippen molar-refractivity contribution in [1.29, 1.82) is 0 Å². The summed E-state index contributed by atoms with van der Waals surface area (Å²) in [7, 11) is 0. The van der Waals surface area contributed by atoms with Crippen LogP contribution in [0.25, 0.3) is 0 Å². The second kappa shape index (κ2) is 7.35. The largest absolute Gasteiger partial charge is 0.489 e. The molecule has 0 atom stereocenters. The van der Waals surface area contributed by atoms with E-state index in [2.05, 4.69) is 22.7 Å². The molecule has 0 bridgehead atoms. The molecule has 3 N–H and O–H groups in total. The van der Waals surface area contributed by atoms with Gasteiger partial charge in [-0.15, -0.1) is 0 Å². The molecule has 2 aromatic rings. The fraction of sp³-hybridized carbons (Fsp3) is 0.0667. The zero-order chi connectivity index (χ0) is 15.1. The van der Waals surface area contributed by atoms with Gasteiger partial charge in [-0.25, -0.2) is 4.39 Å². The van der Waals surface area contributed by atoms with Crippen LogP contribution < -0.4 is 15.9 Å². The number of hydrogen-bond donors (Lipinski definition) is 2. The summed E-state index contributed by atoms with van der Waals surface area (Å²) in [5.41, 5.74) is 9.48. The number of ether oxygens (including phenoxy) is 1. The summed E-state index contributed by atoms with van der Waals surface area (Å²) < 4.78 is 18.4. The number of halogens is 1. The van der Waals surface area contributed by atoms with Crippen molar-refractivity contribution in [1.82, 2.24) is 5.43 Å². The van der Waals surface area contributed by atoms with Crippen LogP contribution in [0.15, 0.2) is 53.6 Å². The number of nitrogens with one attached hydrogen (secondary N) is 1. The first kappa shape index (κ1) is 14.9. The van der Waals surface area contributed by atoms with Crippen molar-refractivity contribution in [3.63, 3.8) is 0 Å². The first-order valence-corrected chi connectivity index (χ1v) is 6.60. The van der Waals surface area contributed by atoms with Gasteiger partial charge in [0.05, 0.1) is 6.21 Å². The van der Waals surface area contributed by atoms with E-state index in [1.54, 1.807) is 18.3 Å². The Bertz CT molecular complexity index is 644. The maximum absolute atomic E-state index is 12.8. The van der Waals surface area contributed by atoms with Crippen molar-refractivity contribution in [2.24, 2.45) is 10.8 Å². The SMILES string of the molecule is NC(=S)N/N=C/c1cccc(OCc2ccc(F)cc2)c1. The molecule has 108 valence electrons. The summed E-state index contributed by atoms with van der Waals surface area (Å²) >= 11 is 4.64. The van der Waals surface area contributed by atoms with Gasteiger partial charge in [0, 0.05) is 0 Å². The molecule has 0 aromatic heterocycles. The number of hydrazone groups is 1. The summed E-state index contributed by atoms with van der Waals surface area (Å²) in [5.74, 6) is 0.431. The van der Waals surface area contributed by atoms with Gasteiger partial charge in [-0.2, -0.15) is 5.10 Å². The molecule has 0 heterocycles. The molecule has 2 rings (SSSR count). The molecular weight excluding hydrogens is 289 g/mol. The Labute approximate surface area is 127 Å². The highest BCUT2D eigenvalue weighted by atomic mass is 32.1. The fourth-order valence-corrected chi connectivity index (χ4v) is 1.66. The fourth-order valence-electron chi connectivity index (χ4n) is 1.60. The highest BCUT2D eigenvalue weighted by molar-refractivity contribution is 7.80. The summed E-state index contributed by atoms with van der Waals surface area (Å²) in [6.07, 6.45) is 1.59. The van der Waals surface area contributed by atoms with Crippen LogP contribution in [0.3, 0.4) is 0 Å². The highest BCUT2D eigenvalue weighted by Gasteiger charge is 1.98. The molecular formula is C15H14FN3OS. The lowest BCUT2D eigenvalue weighted by molar-refractivity contribution is 0.306. The van der Waals surface area contributed by atoms with Crippen molar-refractivity contribution in [3.8, 4) is 5.75 Å². The number of rotatable bonds is 5. The molecule has 0 radical (unpaired) electrons. The minimum absolute atomic E-state index is 0.106. The van der Waals surface area contributed by atoms with Gasteiger partial charge in [0.1, 0.15) is 18.2 Å². The van der Waals surface area contributed by atoms with E-state index in [4.69, 9.17) is 10.5 Å². The van der Waals surface area contributed by atoms with E-state index < -0.39 is 0 Å². The molecule has 6 heteroatoms. The molecule has 2 aromatic carbocycles. The minimum Gasteiger partial charge on any atom is -0.489 e. The first-order valence-electron chi connectivity index (χ1n) is 6.19. The smallest absolute Gasteiger partial charge is 0.184 e. The number of nitrogens with zero attached hydrogens (tertiary/aromatic N) is 1. The van der Waals surface area contributed by atoms with Crippen molar-refractivity contribution >= 4 is 23.5 Å². The van der Waals surface area contributed by atoms with E-state index in [9.17, 15) is 4.39 Å². The number of nitrogens with two attached hydrogens (primary N) is 1. The van der Waals surface area contributed by atoms with E-state index in [0.29, 0.717) is 12.4 Å². The maximum atomic E-state index is 12.8. The zero-order valence-electron chi connectivity index (χ0n) is 11.1. The van der Waals surface area contributed by atoms with Crippen LogP contribution in [-0.2, 0) is 6.61 Å². The van der Waals surface area contributed by atoms with Crippen LogP contribution in [0.1, 0.15) is 11.1 Å². The molecule has 0 aliphatic carbocycles. The molecule has 0 amide bonds. The molecule has 0 aliphatic heterocycles.